The number of aryl methyl sites for hydroxylation is 1. The molecule has 4 aromatic rings. The lowest BCUT2D eigenvalue weighted by Gasteiger charge is -2.29. The summed E-state index contributed by atoms with van der Waals surface area (Å²) in [7, 11) is 0. The molecule has 1 aliphatic rings. The van der Waals surface area contributed by atoms with Crippen molar-refractivity contribution in [3.05, 3.63) is 81.6 Å². The Morgan fingerprint density at radius 1 is 1.12 bits per heavy atom. The van der Waals surface area contributed by atoms with Crippen molar-refractivity contribution in [3.63, 3.8) is 0 Å². The van der Waals surface area contributed by atoms with Crippen LogP contribution >= 0.6 is 11.6 Å². The summed E-state index contributed by atoms with van der Waals surface area (Å²) >= 11 is 6.14. The molecule has 1 amide bonds. The minimum absolute atomic E-state index is 0.155. The van der Waals surface area contributed by atoms with Crippen LogP contribution in [0.5, 0.6) is 5.88 Å². The minimum Gasteiger partial charge on any atom is -0.475 e. The van der Waals surface area contributed by atoms with Crippen molar-refractivity contribution in [1.82, 2.24) is 24.0 Å². The molecule has 33 heavy (non-hydrogen) atoms. The lowest BCUT2D eigenvalue weighted by atomic mass is 10.1. The minimum atomic E-state index is -0.421. The number of amides is 1. The Morgan fingerprint density at radius 2 is 1.97 bits per heavy atom. The van der Waals surface area contributed by atoms with Gasteiger partial charge in [0, 0.05) is 30.1 Å². The fourth-order valence-electron chi connectivity index (χ4n) is 3.95. The molecule has 4 heterocycles. The Hall–Kier alpha value is -3.72. The lowest BCUT2D eigenvalue weighted by molar-refractivity contribution is 0.0672. The number of rotatable bonds is 5. The average molecular weight is 468 g/mol. The third-order valence-corrected chi connectivity index (χ3v) is 5.91. The molecule has 0 spiro atoms. The molecule has 1 aromatic carbocycles. The molecule has 0 saturated carbocycles. The Bertz CT molecular complexity index is 1450. The van der Waals surface area contributed by atoms with E-state index in [0.29, 0.717) is 40.3 Å². The molecule has 0 radical (unpaired) electrons. The molecule has 0 atom stereocenters. The van der Waals surface area contributed by atoms with Crippen LogP contribution in [0.15, 0.2) is 53.8 Å². The van der Waals surface area contributed by atoms with Crippen LogP contribution in [-0.2, 0) is 6.54 Å². The first-order valence-corrected chi connectivity index (χ1v) is 10.7. The highest BCUT2D eigenvalue weighted by Crippen LogP contribution is 2.29. The van der Waals surface area contributed by atoms with Gasteiger partial charge < -0.3 is 18.8 Å². The number of benzene rings is 1. The molecule has 5 rings (SSSR count). The lowest BCUT2D eigenvalue weighted by Crippen LogP contribution is -2.46. The van der Waals surface area contributed by atoms with E-state index in [4.69, 9.17) is 16.3 Å². The van der Waals surface area contributed by atoms with Gasteiger partial charge in [0.1, 0.15) is 23.8 Å². The number of carbonyl (C=O) groups is 1. The van der Waals surface area contributed by atoms with E-state index in [9.17, 15) is 14.0 Å². The Balaban J connectivity index is 1.32. The van der Waals surface area contributed by atoms with Gasteiger partial charge in [-0.15, -0.1) is 0 Å². The summed E-state index contributed by atoms with van der Waals surface area (Å²) in [4.78, 5) is 35.8. The van der Waals surface area contributed by atoms with E-state index in [2.05, 4.69) is 9.97 Å². The van der Waals surface area contributed by atoms with Crippen molar-refractivity contribution >= 4 is 28.3 Å². The maximum absolute atomic E-state index is 13.7. The molecule has 168 valence electrons. The van der Waals surface area contributed by atoms with E-state index < -0.39 is 5.82 Å². The summed E-state index contributed by atoms with van der Waals surface area (Å²) in [6.45, 7) is 3.02. The van der Waals surface area contributed by atoms with Gasteiger partial charge in [-0.2, -0.15) is 0 Å². The van der Waals surface area contributed by atoms with Gasteiger partial charge in [-0.25, -0.2) is 14.4 Å². The summed E-state index contributed by atoms with van der Waals surface area (Å²) in [5.74, 6) is -0.430. The van der Waals surface area contributed by atoms with Gasteiger partial charge in [0.2, 0.25) is 5.88 Å². The number of aromatic nitrogens is 4. The average Bonchev–Trinajstić information content (AvgIpc) is 3.23. The highest BCUT2D eigenvalue weighted by molar-refractivity contribution is 6.35. The van der Waals surface area contributed by atoms with Gasteiger partial charge in [-0.3, -0.25) is 9.59 Å². The SMILES string of the molecule is Cc1cn(-c2ccc3n(c2=O)CCN(CCOc2ncc(Cl)c4ccc(F)cc24)C3=O)cn1. The zero-order chi connectivity index (χ0) is 23.1. The molecule has 0 unspecified atom stereocenters. The summed E-state index contributed by atoms with van der Waals surface area (Å²) in [6, 6.07) is 7.49. The van der Waals surface area contributed by atoms with Crippen molar-refractivity contribution in [2.45, 2.75) is 13.5 Å². The van der Waals surface area contributed by atoms with Crippen molar-refractivity contribution in [1.29, 1.82) is 0 Å². The quantitative estimate of drug-likeness (QED) is 0.450. The first kappa shape index (κ1) is 21.1. The van der Waals surface area contributed by atoms with Gasteiger partial charge in [-0.05, 0) is 37.3 Å². The Morgan fingerprint density at radius 3 is 2.76 bits per heavy atom. The molecule has 8 nitrogen and oxygen atoms in total. The predicted molar refractivity (Wildman–Crippen MR) is 121 cm³/mol. The number of carbonyl (C=O) groups excluding carboxylic acids is 1. The van der Waals surface area contributed by atoms with Crippen LogP contribution in [0.25, 0.3) is 16.5 Å². The maximum Gasteiger partial charge on any atom is 0.275 e. The van der Waals surface area contributed by atoms with Crippen molar-refractivity contribution in [2.75, 3.05) is 19.7 Å². The number of imidazole rings is 1. The van der Waals surface area contributed by atoms with Crippen LogP contribution in [0.4, 0.5) is 4.39 Å². The smallest absolute Gasteiger partial charge is 0.275 e. The van der Waals surface area contributed by atoms with Gasteiger partial charge in [0.25, 0.3) is 11.5 Å². The molecular formula is C23H19ClFN5O3. The zero-order valence-electron chi connectivity index (χ0n) is 17.7. The third kappa shape index (κ3) is 3.84. The molecule has 1 aliphatic heterocycles. The van der Waals surface area contributed by atoms with E-state index in [0.717, 1.165) is 5.69 Å². The monoisotopic (exact) mass is 467 g/mol. The van der Waals surface area contributed by atoms with Crippen LogP contribution in [0.2, 0.25) is 5.02 Å². The number of hydrogen-bond acceptors (Lipinski definition) is 5. The van der Waals surface area contributed by atoms with Crippen LogP contribution in [0.3, 0.4) is 0 Å². The molecule has 0 bridgehead atoms. The molecule has 0 fully saturated rings. The molecule has 0 aliphatic carbocycles. The van der Waals surface area contributed by atoms with Crippen LogP contribution in [0.1, 0.15) is 16.2 Å². The fraction of sp³-hybridized carbons (Fsp3) is 0.217. The zero-order valence-corrected chi connectivity index (χ0v) is 18.4. The first-order valence-electron chi connectivity index (χ1n) is 10.3. The maximum atomic E-state index is 13.7. The van der Waals surface area contributed by atoms with Crippen molar-refractivity contribution in [3.8, 4) is 11.6 Å². The third-order valence-electron chi connectivity index (χ3n) is 5.61. The van der Waals surface area contributed by atoms with E-state index in [1.165, 1.54) is 22.9 Å². The van der Waals surface area contributed by atoms with E-state index >= 15 is 0 Å². The second-order valence-corrected chi connectivity index (χ2v) is 8.13. The van der Waals surface area contributed by atoms with Crippen LogP contribution in [-0.4, -0.2) is 49.6 Å². The van der Waals surface area contributed by atoms with Gasteiger partial charge >= 0.3 is 0 Å². The Labute approximate surface area is 192 Å². The number of fused-ring (bicyclic) bond motifs is 2. The largest absolute Gasteiger partial charge is 0.475 e. The molecule has 3 aromatic heterocycles. The normalized spacial score (nSPS) is 13.4. The summed E-state index contributed by atoms with van der Waals surface area (Å²) in [6.07, 6.45) is 4.79. The number of nitrogens with zero attached hydrogens (tertiary/aromatic N) is 5. The molecule has 0 saturated heterocycles. The van der Waals surface area contributed by atoms with Crippen LogP contribution < -0.4 is 10.3 Å². The van der Waals surface area contributed by atoms with E-state index in [1.807, 2.05) is 6.92 Å². The summed E-state index contributed by atoms with van der Waals surface area (Å²) in [5.41, 5.74) is 1.32. The highest BCUT2D eigenvalue weighted by atomic mass is 35.5. The van der Waals surface area contributed by atoms with E-state index in [1.54, 1.807) is 40.2 Å². The summed E-state index contributed by atoms with van der Waals surface area (Å²) < 4.78 is 22.6. The number of halogens is 2. The number of hydrogen-bond donors (Lipinski definition) is 0. The van der Waals surface area contributed by atoms with Crippen molar-refractivity contribution < 1.29 is 13.9 Å². The highest BCUT2D eigenvalue weighted by Gasteiger charge is 2.26. The first-order chi connectivity index (χ1) is 15.9. The van der Waals surface area contributed by atoms with Crippen molar-refractivity contribution in [2.24, 2.45) is 0 Å². The predicted octanol–water partition coefficient (Wildman–Crippen LogP) is 3.22. The Kier molecular flexibility index (Phi) is 5.33. The second kappa shape index (κ2) is 8.32. The fourth-order valence-corrected chi connectivity index (χ4v) is 4.16. The second-order valence-electron chi connectivity index (χ2n) is 7.72. The topological polar surface area (TPSA) is 82.3 Å². The molecule has 0 N–H and O–H groups in total. The molecule has 10 heteroatoms. The standard InChI is InChI=1S/C23H19ClFN5O3/c1-14-12-29(13-27-14)19-4-5-20-22(31)28(6-7-30(20)23(19)32)8-9-33-21-17-10-15(25)2-3-16(17)18(24)11-26-21/h2-5,10-13H,6-9H2,1H3. The molecular weight excluding hydrogens is 449 g/mol. The van der Waals surface area contributed by atoms with Gasteiger partial charge in [-0.1, -0.05) is 11.6 Å². The van der Waals surface area contributed by atoms with Crippen LogP contribution in [0, 0.1) is 12.7 Å². The van der Waals surface area contributed by atoms with E-state index in [-0.39, 0.29) is 30.5 Å². The number of pyridine rings is 2. The summed E-state index contributed by atoms with van der Waals surface area (Å²) in [5, 5.41) is 1.50. The van der Waals surface area contributed by atoms with Gasteiger partial charge in [0.05, 0.1) is 29.8 Å². The van der Waals surface area contributed by atoms with Gasteiger partial charge in [0.15, 0.2) is 0 Å². The number of ether oxygens (including phenoxy) is 1.